The fraction of sp³-hybridized carbons (Fsp3) is 0.385. The van der Waals surface area contributed by atoms with E-state index in [2.05, 4.69) is 25.6 Å². The van der Waals surface area contributed by atoms with Crippen LogP contribution >= 0.6 is 0 Å². The fourth-order valence-electron chi connectivity index (χ4n) is 1.51. The Morgan fingerprint density at radius 1 is 1.60 bits per heavy atom. The zero-order chi connectivity index (χ0) is 10.7. The zero-order valence-corrected chi connectivity index (χ0v) is 9.03. The molecule has 1 heterocycles. The number of hydrogen-bond donors (Lipinski definition) is 0. The van der Waals surface area contributed by atoms with Crippen molar-refractivity contribution in [3.05, 3.63) is 42.0 Å². The lowest BCUT2D eigenvalue weighted by molar-refractivity contribution is 0.261. The SMILES string of the molecule is C=CCc1cc(C)ccc1OCC1CO1. The molecule has 15 heavy (non-hydrogen) atoms. The van der Waals surface area contributed by atoms with E-state index in [9.17, 15) is 0 Å². The Balaban J connectivity index is 2.08. The number of benzene rings is 1. The molecule has 1 fully saturated rings. The van der Waals surface area contributed by atoms with E-state index < -0.39 is 0 Å². The van der Waals surface area contributed by atoms with E-state index in [1.165, 1.54) is 11.1 Å². The van der Waals surface area contributed by atoms with Gasteiger partial charge >= 0.3 is 0 Å². The van der Waals surface area contributed by atoms with Crippen LogP contribution in [0.2, 0.25) is 0 Å². The Bertz CT molecular complexity index is 354. The van der Waals surface area contributed by atoms with Crippen molar-refractivity contribution in [2.24, 2.45) is 0 Å². The predicted octanol–water partition coefficient (Wildman–Crippen LogP) is 2.50. The van der Waals surface area contributed by atoms with Gasteiger partial charge in [-0.3, -0.25) is 0 Å². The van der Waals surface area contributed by atoms with E-state index in [0.717, 1.165) is 18.8 Å². The van der Waals surface area contributed by atoms with Gasteiger partial charge in [0, 0.05) is 0 Å². The average molecular weight is 204 g/mol. The normalized spacial score (nSPS) is 18.6. The van der Waals surface area contributed by atoms with E-state index in [4.69, 9.17) is 9.47 Å². The number of aryl methyl sites for hydroxylation is 1. The molecule has 1 unspecified atom stereocenters. The minimum absolute atomic E-state index is 0.308. The van der Waals surface area contributed by atoms with Gasteiger partial charge in [0.25, 0.3) is 0 Å². The minimum atomic E-state index is 0.308. The van der Waals surface area contributed by atoms with E-state index in [0.29, 0.717) is 12.7 Å². The number of allylic oxidation sites excluding steroid dienone is 1. The molecule has 0 radical (unpaired) electrons. The quantitative estimate of drug-likeness (QED) is 0.543. The highest BCUT2D eigenvalue weighted by atomic mass is 16.6. The highest BCUT2D eigenvalue weighted by Gasteiger charge is 2.23. The number of hydrogen-bond acceptors (Lipinski definition) is 2. The van der Waals surface area contributed by atoms with Gasteiger partial charge in [-0.2, -0.15) is 0 Å². The summed E-state index contributed by atoms with van der Waals surface area (Å²) in [5.74, 6) is 0.955. The van der Waals surface area contributed by atoms with Crippen LogP contribution in [-0.2, 0) is 11.2 Å². The molecule has 1 aromatic carbocycles. The van der Waals surface area contributed by atoms with Crippen LogP contribution in [0.5, 0.6) is 5.75 Å². The van der Waals surface area contributed by atoms with Crippen LogP contribution in [-0.4, -0.2) is 19.3 Å². The van der Waals surface area contributed by atoms with Gasteiger partial charge in [-0.15, -0.1) is 6.58 Å². The fourth-order valence-corrected chi connectivity index (χ4v) is 1.51. The lowest BCUT2D eigenvalue weighted by Crippen LogP contribution is -2.05. The molecule has 1 saturated heterocycles. The van der Waals surface area contributed by atoms with Gasteiger partial charge in [0.05, 0.1) is 6.61 Å². The molecular formula is C13H16O2. The maximum Gasteiger partial charge on any atom is 0.122 e. The minimum Gasteiger partial charge on any atom is -0.490 e. The van der Waals surface area contributed by atoms with Crippen molar-refractivity contribution in [2.75, 3.05) is 13.2 Å². The molecule has 0 N–H and O–H groups in total. The third-order valence-electron chi connectivity index (χ3n) is 2.41. The van der Waals surface area contributed by atoms with E-state index in [1.807, 2.05) is 12.1 Å². The number of ether oxygens (including phenoxy) is 2. The maximum atomic E-state index is 5.70. The molecule has 0 aliphatic carbocycles. The molecule has 1 aromatic rings. The monoisotopic (exact) mass is 204 g/mol. The lowest BCUT2D eigenvalue weighted by atomic mass is 10.1. The third kappa shape index (κ3) is 2.83. The summed E-state index contributed by atoms with van der Waals surface area (Å²) in [6.45, 7) is 7.33. The van der Waals surface area contributed by atoms with Gasteiger partial charge in [-0.1, -0.05) is 23.8 Å². The van der Waals surface area contributed by atoms with Crippen molar-refractivity contribution >= 4 is 0 Å². The smallest absolute Gasteiger partial charge is 0.122 e. The Morgan fingerprint density at radius 3 is 3.07 bits per heavy atom. The second-order valence-corrected chi connectivity index (χ2v) is 3.87. The van der Waals surface area contributed by atoms with E-state index in [1.54, 1.807) is 0 Å². The van der Waals surface area contributed by atoms with Gasteiger partial charge < -0.3 is 9.47 Å². The molecule has 1 atom stereocenters. The summed E-state index contributed by atoms with van der Waals surface area (Å²) in [4.78, 5) is 0. The van der Waals surface area contributed by atoms with E-state index in [-0.39, 0.29) is 0 Å². The summed E-state index contributed by atoms with van der Waals surface area (Å²) in [5.41, 5.74) is 2.45. The first-order chi connectivity index (χ1) is 7.29. The van der Waals surface area contributed by atoms with Gasteiger partial charge in [-0.05, 0) is 25.0 Å². The van der Waals surface area contributed by atoms with Crippen LogP contribution in [0.1, 0.15) is 11.1 Å². The molecule has 0 spiro atoms. The summed E-state index contributed by atoms with van der Waals surface area (Å²) >= 11 is 0. The average Bonchev–Trinajstić information content (AvgIpc) is 3.01. The van der Waals surface area contributed by atoms with Gasteiger partial charge in [0.1, 0.15) is 18.5 Å². The highest BCUT2D eigenvalue weighted by Crippen LogP contribution is 2.22. The van der Waals surface area contributed by atoms with Crippen LogP contribution in [0, 0.1) is 6.92 Å². The molecule has 0 aromatic heterocycles. The molecule has 1 aliphatic rings. The molecule has 80 valence electrons. The standard InChI is InChI=1S/C13H16O2/c1-3-4-11-7-10(2)5-6-13(11)15-9-12-8-14-12/h3,5-7,12H,1,4,8-9H2,2H3. The molecule has 2 nitrogen and oxygen atoms in total. The molecule has 0 bridgehead atoms. The van der Waals surface area contributed by atoms with Crippen molar-refractivity contribution in [2.45, 2.75) is 19.4 Å². The summed E-state index contributed by atoms with van der Waals surface area (Å²) in [6, 6.07) is 6.23. The topological polar surface area (TPSA) is 21.8 Å². The van der Waals surface area contributed by atoms with Gasteiger partial charge in [0.15, 0.2) is 0 Å². The van der Waals surface area contributed by atoms with Crippen LogP contribution in [0.3, 0.4) is 0 Å². The molecular weight excluding hydrogens is 188 g/mol. The Kier molecular flexibility index (Phi) is 3.07. The van der Waals surface area contributed by atoms with Gasteiger partial charge in [0.2, 0.25) is 0 Å². The number of rotatable bonds is 5. The van der Waals surface area contributed by atoms with Crippen LogP contribution in [0.15, 0.2) is 30.9 Å². The Hall–Kier alpha value is -1.28. The molecule has 0 saturated carbocycles. The zero-order valence-electron chi connectivity index (χ0n) is 9.03. The first-order valence-corrected chi connectivity index (χ1v) is 5.24. The molecule has 2 rings (SSSR count). The van der Waals surface area contributed by atoms with Crippen LogP contribution in [0.4, 0.5) is 0 Å². The summed E-state index contributed by atoms with van der Waals surface area (Å²) in [5, 5.41) is 0. The van der Waals surface area contributed by atoms with Crippen LogP contribution < -0.4 is 4.74 Å². The summed E-state index contributed by atoms with van der Waals surface area (Å²) < 4.78 is 10.8. The van der Waals surface area contributed by atoms with Crippen LogP contribution in [0.25, 0.3) is 0 Å². The second-order valence-electron chi connectivity index (χ2n) is 3.87. The predicted molar refractivity (Wildman–Crippen MR) is 60.3 cm³/mol. The van der Waals surface area contributed by atoms with E-state index >= 15 is 0 Å². The maximum absolute atomic E-state index is 5.70. The molecule has 0 amide bonds. The van der Waals surface area contributed by atoms with Crippen molar-refractivity contribution in [1.29, 1.82) is 0 Å². The van der Waals surface area contributed by atoms with Crippen molar-refractivity contribution in [1.82, 2.24) is 0 Å². The first kappa shape index (κ1) is 10.2. The number of epoxide rings is 1. The molecule has 1 aliphatic heterocycles. The summed E-state index contributed by atoms with van der Waals surface area (Å²) in [6.07, 6.45) is 3.06. The lowest BCUT2D eigenvalue weighted by Gasteiger charge is -2.10. The third-order valence-corrected chi connectivity index (χ3v) is 2.41. The second kappa shape index (κ2) is 4.49. The van der Waals surface area contributed by atoms with Gasteiger partial charge in [-0.25, -0.2) is 0 Å². The van der Waals surface area contributed by atoms with Crippen molar-refractivity contribution in [3.8, 4) is 5.75 Å². The Labute approximate surface area is 90.5 Å². The first-order valence-electron chi connectivity index (χ1n) is 5.24. The largest absolute Gasteiger partial charge is 0.490 e. The van der Waals surface area contributed by atoms with Crippen molar-refractivity contribution < 1.29 is 9.47 Å². The molecule has 2 heteroatoms. The van der Waals surface area contributed by atoms with Crippen molar-refractivity contribution in [3.63, 3.8) is 0 Å². The Morgan fingerprint density at radius 2 is 2.40 bits per heavy atom. The summed E-state index contributed by atoms with van der Waals surface area (Å²) in [7, 11) is 0. The highest BCUT2D eigenvalue weighted by molar-refractivity contribution is 5.38.